The molecule has 0 spiro atoms. The molecule has 0 saturated heterocycles. The molecule has 0 aliphatic heterocycles. The molecule has 166 valence electrons. The van der Waals surface area contributed by atoms with Gasteiger partial charge in [-0.1, -0.05) is 54.1 Å². The molecule has 0 heterocycles. The van der Waals surface area contributed by atoms with E-state index in [0.717, 1.165) is 12.1 Å². The van der Waals surface area contributed by atoms with E-state index >= 15 is 0 Å². The summed E-state index contributed by atoms with van der Waals surface area (Å²) in [5.41, 5.74) is 0.975. The molecule has 0 aromatic heterocycles. The molecule has 32 heavy (non-hydrogen) atoms. The lowest BCUT2D eigenvalue weighted by molar-refractivity contribution is -0.137. The van der Waals surface area contributed by atoms with Crippen LogP contribution in [0.3, 0.4) is 0 Å². The summed E-state index contributed by atoms with van der Waals surface area (Å²) in [7, 11) is 1.68. The van der Waals surface area contributed by atoms with Crippen LogP contribution in [0.4, 0.5) is 18.9 Å². The Morgan fingerprint density at radius 1 is 0.969 bits per heavy atom. The van der Waals surface area contributed by atoms with E-state index in [-0.39, 0.29) is 30.3 Å². The number of anilines is 1. The van der Waals surface area contributed by atoms with Crippen LogP contribution in [0.1, 0.15) is 27.0 Å². The minimum Gasteiger partial charge on any atom is -0.324 e. The zero-order valence-electron chi connectivity index (χ0n) is 17.1. The highest BCUT2D eigenvalue weighted by atomic mass is 35.5. The molecule has 0 bridgehead atoms. The second-order valence-electron chi connectivity index (χ2n) is 7.30. The summed E-state index contributed by atoms with van der Waals surface area (Å²) < 4.78 is 38.1. The van der Waals surface area contributed by atoms with E-state index in [1.807, 2.05) is 0 Å². The van der Waals surface area contributed by atoms with Crippen LogP contribution < -0.4 is 5.32 Å². The summed E-state index contributed by atoms with van der Waals surface area (Å²) in [5, 5.41) is 3.09. The average molecular weight is 461 g/mol. The maximum Gasteiger partial charge on any atom is 0.416 e. The van der Waals surface area contributed by atoms with Crippen LogP contribution >= 0.6 is 11.6 Å². The van der Waals surface area contributed by atoms with Gasteiger partial charge in [-0.3, -0.25) is 14.5 Å². The van der Waals surface area contributed by atoms with Crippen LogP contribution in [0, 0.1) is 0 Å². The smallest absolute Gasteiger partial charge is 0.324 e. The number of halogens is 4. The van der Waals surface area contributed by atoms with Gasteiger partial charge in [-0.15, -0.1) is 0 Å². The Morgan fingerprint density at radius 3 is 2.25 bits per heavy atom. The van der Waals surface area contributed by atoms with Gasteiger partial charge in [0.15, 0.2) is 5.78 Å². The zero-order chi connectivity index (χ0) is 23.3. The Hall–Kier alpha value is -3.16. The van der Waals surface area contributed by atoms with E-state index in [0.29, 0.717) is 21.8 Å². The lowest BCUT2D eigenvalue weighted by Crippen LogP contribution is -2.30. The first-order valence-electron chi connectivity index (χ1n) is 9.67. The molecule has 0 atom stereocenters. The molecule has 0 saturated carbocycles. The SMILES string of the molecule is CN(CC(=O)Nc1ccc(Cl)cc1C(=O)c1ccccc1)Cc1ccc(C(F)(F)F)cc1. The number of likely N-dealkylation sites (N-methyl/N-ethyl adjacent to an activating group) is 1. The predicted octanol–water partition coefficient (Wildman–Crippen LogP) is 5.66. The van der Waals surface area contributed by atoms with Gasteiger partial charge in [0.2, 0.25) is 5.91 Å². The predicted molar refractivity (Wildman–Crippen MR) is 118 cm³/mol. The van der Waals surface area contributed by atoms with E-state index in [2.05, 4.69) is 5.32 Å². The van der Waals surface area contributed by atoms with Crippen LogP contribution in [0.5, 0.6) is 0 Å². The van der Waals surface area contributed by atoms with Gasteiger partial charge in [-0.25, -0.2) is 0 Å². The summed E-state index contributed by atoms with van der Waals surface area (Å²) in [4.78, 5) is 27.1. The second kappa shape index (κ2) is 9.97. The van der Waals surface area contributed by atoms with Gasteiger partial charge in [0, 0.05) is 22.7 Å². The fraction of sp³-hybridized carbons (Fsp3) is 0.167. The van der Waals surface area contributed by atoms with Gasteiger partial charge in [0.1, 0.15) is 0 Å². The van der Waals surface area contributed by atoms with Gasteiger partial charge < -0.3 is 5.32 Å². The summed E-state index contributed by atoms with van der Waals surface area (Å²) in [5.74, 6) is -0.648. The fourth-order valence-electron chi connectivity index (χ4n) is 3.16. The Balaban J connectivity index is 1.66. The number of amides is 1. The summed E-state index contributed by atoms with van der Waals surface area (Å²) in [6.07, 6.45) is -4.39. The monoisotopic (exact) mass is 460 g/mol. The summed E-state index contributed by atoms with van der Waals surface area (Å²) in [6.45, 7) is 0.255. The van der Waals surface area contributed by atoms with Crippen molar-refractivity contribution in [3.8, 4) is 0 Å². The molecule has 8 heteroatoms. The Labute approximate surface area is 188 Å². The van der Waals surface area contributed by atoms with Crippen molar-refractivity contribution in [3.05, 3.63) is 100 Å². The van der Waals surface area contributed by atoms with Gasteiger partial charge in [-0.2, -0.15) is 13.2 Å². The largest absolute Gasteiger partial charge is 0.416 e. The molecule has 0 aliphatic carbocycles. The zero-order valence-corrected chi connectivity index (χ0v) is 17.9. The minimum atomic E-state index is -4.39. The molecule has 4 nitrogen and oxygen atoms in total. The van der Waals surface area contributed by atoms with Crippen molar-refractivity contribution in [1.82, 2.24) is 4.90 Å². The quantitative estimate of drug-likeness (QED) is 0.463. The van der Waals surface area contributed by atoms with Gasteiger partial charge in [0.25, 0.3) is 0 Å². The third-order valence-corrected chi connectivity index (χ3v) is 4.92. The maximum atomic E-state index is 12.9. The maximum absolute atomic E-state index is 12.9. The van der Waals surface area contributed by atoms with Crippen molar-refractivity contribution in [2.24, 2.45) is 0 Å². The average Bonchev–Trinajstić information content (AvgIpc) is 2.74. The second-order valence-corrected chi connectivity index (χ2v) is 7.74. The molecule has 1 amide bonds. The van der Waals surface area contributed by atoms with Crippen LogP contribution in [0.2, 0.25) is 5.02 Å². The number of benzene rings is 3. The van der Waals surface area contributed by atoms with E-state index in [4.69, 9.17) is 11.6 Å². The molecule has 0 radical (unpaired) electrons. The lowest BCUT2D eigenvalue weighted by atomic mass is 10.0. The van der Waals surface area contributed by atoms with E-state index in [9.17, 15) is 22.8 Å². The van der Waals surface area contributed by atoms with Crippen molar-refractivity contribution in [2.45, 2.75) is 12.7 Å². The molecule has 3 aromatic rings. The Kier molecular flexibility index (Phi) is 7.33. The standard InChI is InChI=1S/C24H20ClF3N2O2/c1-30(14-16-7-9-18(10-8-16)24(26,27)28)15-22(31)29-21-12-11-19(25)13-20(21)23(32)17-5-3-2-4-6-17/h2-13H,14-15H2,1H3,(H,29,31). The van der Waals surface area contributed by atoms with Crippen LogP contribution in [0.25, 0.3) is 0 Å². The Bertz CT molecular complexity index is 1100. The normalized spacial score (nSPS) is 11.4. The first kappa shape index (κ1) is 23.5. The number of carbonyl (C=O) groups excluding carboxylic acids is 2. The van der Waals surface area contributed by atoms with Crippen molar-refractivity contribution in [1.29, 1.82) is 0 Å². The highest BCUT2D eigenvalue weighted by Gasteiger charge is 2.30. The number of rotatable bonds is 7. The number of alkyl halides is 3. The van der Waals surface area contributed by atoms with Crippen molar-refractivity contribution >= 4 is 29.0 Å². The molecule has 0 unspecified atom stereocenters. The number of hydrogen-bond acceptors (Lipinski definition) is 3. The molecule has 0 aliphatic rings. The van der Waals surface area contributed by atoms with E-state index < -0.39 is 11.7 Å². The summed E-state index contributed by atoms with van der Waals surface area (Å²) in [6, 6.07) is 18.0. The number of ketones is 1. The molecule has 1 N–H and O–H groups in total. The molecular formula is C24H20ClF3N2O2. The molecular weight excluding hydrogens is 441 g/mol. The minimum absolute atomic E-state index is 0.0252. The van der Waals surface area contributed by atoms with Crippen LogP contribution in [-0.2, 0) is 17.5 Å². The number of nitrogens with zero attached hydrogens (tertiary/aromatic N) is 1. The first-order valence-corrected chi connectivity index (χ1v) is 10.0. The highest BCUT2D eigenvalue weighted by molar-refractivity contribution is 6.31. The summed E-state index contributed by atoms with van der Waals surface area (Å²) >= 11 is 6.06. The van der Waals surface area contributed by atoms with Crippen molar-refractivity contribution in [2.75, 3.05) is 18.9 Å². The molecule has 3 aromatic carbocycles. The van der Waals surface area contributed by atoms with Crippen molar-refractivity contribution < 1.29 is 22.8 Å². The molecule has 0 fully saturated rings. The highest BCUT2D eigenvalue weighted by Crippen LogP contribution is 2.29. The van der Waals surface area contributed by atoms with Crippen molar-refractivity contribution in [3.63, 3.8) is 0 Å². The van der Waals surface area contributed by atoms with Crippen LogP contribution in [-0.4, -0.2) is 30.2 Å². The number of hydrogen-bond donors (Lipinski definition) is 1. The fourth-order valence-corrected chi connectivity index (χ4v) is 3.33. The van der Waals surface area contributed by atoms with E-state index in [1.165, 1.54) is 18.2 Å². The third kappa shape index (κ3) is 6.18. The number of carbonyl (C=O) groups is 2. The number of nitrogens with one attached hydrogen (secondary N) is 1. The van der Waals surface area contributed by atoms with Gasteiger partial charge in [-0.05, 0) is 42.9 Å². The topological polar surface area (TPSA) is 49.4 Å². The van der Waals surface area contributed by atoms with Crippen LogP contribution in [0.15, 0.2) is 72.8 Å². The van der Waals surface area contributed by atoms with E-state index in [1.54, 1.807) is 54.4 Å². The third-order valence-electron chi connectivity index (χ3n) is 4.68. The van der Waals surface area contributed by atoms with Gasteiger partial charge >= 0.3 is 6.18 Å². The lowest BCUT2D eigenvalue weighted by Gasteiger charge is -2.18. The Morgan fingerprint density at radius 2 is 1.62 bits per heavy atom. The first-order chi connectivity index (χ1) is 15.1. The molecule has 3 rings (SSSR count). The van der Waals surface area contributed by atoms with Gasteiger partial charge in [0.05, 0.1) is 17.8 Å².